The number of benzene rings is 2. The van der Waals surface area contributed by atoms with Crippen LogP contribution in [0.5, 0.6) is 0 Å². The SMILES string of the molecule is C=C(C)C[C@H]1OB(c2ccccc2)OC[C@@H]1O[C@@H]1CO[C@@H](c2ccccc2)O[C@H]1CO. The lowest BCUT2D eigenvalue weighted by Gasteiger charge is -2.41. The Morgan fingerprint density at radius 3 is 2.39 bits per heavy atom. The van der Waals surface area contributed by atoms with Gasteiger partial charge in [0, 0.05) is 5.56 Å². The zero-order chi connectivity index (χ0) is 21.6. The average Bonchev–Trinajstić information content (AvgIpc) is 2.81. The first-order valence-electron chi connectivity index (χ1n) is 10.7. The Balaban J connectivity index is 1.41. The van der Waals surface area contributed by atoms with Gasteiger partial charge in [-0.1, -0.05) is 66.2 Å². The first-order chi connectivity index (χ1) is 15.1. The number of hydrogen-bond donors (Lipinski definition) is 1. The second-order valence-corrected chi connectivity index (χ2v) is 8.06. The van der Waals surface area contributed by atoms with Crippen LogP contribution in [0.4, 0.5) is 0 Å². The highest BCUT2D eigenvalue weighted by Crippen LogP contribution is 2.30. The summed E-state index contributed by atoms with van der Waals surface area (Å²) in [6, 6.07) is 19.5. The number of aliphatic hydroxyl groups is 1. The lowest BCUT2D eigenvalue weighted by atomic mass is 9.77. The zero-order valence-corrected chi connectivity index (χ0v) is 17.8. The third kappa shape index (κ3) is 5.63. The van der Waals surface area contributed by atoms with Crippen LogP contribution in [0.3, 0.4) is 0 Å². The van der Waals surface area contributed by atoms with Crippen LogP contribution in [0.15, 0.2) is 72.8 Å². The minimum Gasteiger partial charge on any atom is -0.404 e. The number of hydrogen-bond acceptors (Lipinski definition) is 6. The molecule has 4 rings (SSSR count). The lowest BCUT2D eigenvalue weighted by molar-refractivity contribution is -0.285. The average molecular weight is 424 g/mol. The van der Waals surface area contributed by atoms with Gasteiger partial charge in [0.05, 0.1) is 25.9 Å². The normalized spacial score (nSPS) is 29.0. The first kappa shape index (κ1) is 22.2. The van der Waals surface area contributed by atoms with Crippen LogP contribution in [-0.4, -0.2) is 56.5 Å². The minimum absolute atomic E-state index is 0.163. The first-order valence-corrected chi connectivity index (χ1v) is 10.7. The quantitative estimate of drug-likeness (QED) is 0.545. The molecule has 0 spiro atoms. The molecule has 0 unspecified atom stereocenters. The van der Waals surface area contributed by atoms with Gasteiger partial charge >= 0.3 is 7.12 Å². The molecular formula is C24H29BO6. The van der Waals surface area contributed by atoms with Gasteiger partial charge in [0.1, 0.15) is 18.3 Å². The minimum atomic E-state index is -0.522. The Hall–Kier alpha value is -2.00. The molecule has 0 aliphatic carbocycles. The third-order valence-corrected chi connectivity index (χ3v) is 5.47. The predicted octanol–water partition coefficient (Wildman–Crippen LogP) is 2.62. The largest absolute Gasteiger partial charge is 0.494 e. The fourth-order valence-electron chi connectivity index (χ4n) is 3.88. The monoisotopic (exact) mass is 424 g/mol. The third-order valence-electron chi connectivity index (χ3n) is 5.47. The molecular weight excluding hydrogens is 395 g/mol. The van der Waals surface area contributed by atoms with Crippen LogP contribution in [0.25, 0.3) is 0 Å². The van der Waals surface area contributed by atoms with Crippen LogP contribution in [0.1, 0.15) is 25.2 Å². The second kappa shape index (κ2) is 10.5. The van der Waals surface area contributed by atoms with Crippen molar-refractivity contribution < 1.29 is 28.6 Å². The molecule has 31 heavy (non-hydrogen) atoms. The molecule has 2 heterocycles. The Labute approximate surface area is 183 Å². The summed E-state index contributed by atoms with van der Waals surface area (Å²) in [4.78, 5) is 0. The summed E-state index contributed by atoms with van der Waals surface area (Å²) in [5, 5.41) is 9.92. The molecule has 0 amide bonds. The Bertz CT molecular complexity index is 832. The fourth-order valence-corrected chi connectivity index (χ4v) is 3.88. The number of ether oxygens (including phenoxy) is 3. The van der Waals surface area contributed by atoms with Gasteiger partial charge in [-0.2, -0.15) is 0 Å². The summed E-state index contributed by atoms with van der Waals surface area (Å²) in [5.74, 6) is 0. The van der Waals surface area contributed by atoms with Crippen molar-refractivity contribution in [2.24, 2.45) is 0 Å². The van der Waals surface area contributed by atoms with E-state index in [1.807, 2.05) is 67.6 Å². The van der Waals surface area contributed by atoms with Gasteiger partial charge in [-0.15, -0.1) is 6.58 Å². The summed E-state index contributed by atoms with van der Waals surface area (Å²) >= 11 is 0. The molecule has 0 saturated carbocycles. The highest BCUT2D eigenvalue weighted by Gasteiger charge is 2.41. The van der Waals surface area contributed by atoms with Gasteiger partial charge in [0.2, 0.25) is 0 Å². The molecule has 2 aliphatic heterocycles. The van der Waals surface area contributed by atoms with E-state index < -0.39 is 25.6 Å². The summed E-state index contributed by atoms with van der Waals surface area (Å²) in [7, 11) is -0.444. The molecule has 2 saturated heterocycles. The van der Waals surface area contributed by atoms with Crippen molar-refractivity contribution >= 4 is 12.6 Å². The van der Waals surface area contributed by atoms with Gasteiger partial charge in [-0.25, -0.2) is 0 Å². The van der Waals surface area contributed by atoms with Gasteiger partial charge in [0.15, 0.2) is 6.29 Å². The fraction of sp³-hybridized carbons (Fsp3) is 0.417. The van der Waals surface area contributed by atoms with Crippen molar-refractivity contribution in [1.29, 1.82) is 0 Å². The van der Waals surface area contributed by atoms with Crippen LogP contribution >= 0.6 is 0 Å². The predicted molar refractivity (Wildman–Crippen MR) is 118 cm³/mol. The van der Waals surface area contributed by atoms with Crippen LogP contribution in [-0.2, 0) is 23.5 Å². The maximum absolute atomic E-state index is 9.92. The molecule has 6 nitrogen and oxygen atoms in total. The summed E-state index contributed by atoms with van der Waals surface area (Å²) in [6.45, 7) is 6.53. The van der Waals surface area contributed by atoms with Crippen molar-refractivity contribution in [1.82, 2.24) is 0 Å². The smallest absolute Gasteiger partial charge is 0.404 e. The van der Waals surface area contributed by atoms with E-state index in [-0.39, 0.29) is 18.8 Å². The van der Waals surface area contributed by atoms with Gasteiger partial charge in [-0.05, 0) is 18.8 Å². The molecule has 0 bridgehead atoms. The molecule has 2 aromatic carbocycles. The Morgan fingerprint density at radius 1 is 1.03 bits per heavy atom. The highest BCUT2D eigenvalue weighted by molar-refractivity contribution is 6.61. The Kier molecular flexibility index (Phi) is 7.56. The van der Waals surface area contributed by atoms with Crippen molar-refractivity contribution in [3.05, 3.63) is 78.4 Å². The van der Waals surface area contributed by atoms with Crippen molar-refractivity contribution in [2.45, 2.75) is 44.1 Å². The number of aliphatic hydroxyl groups excluding tert-OH is 1. The molecule has 2 aromatic rings. The molecule has 7 heteroatoms. The van der Waals surface area contributed by atoms with Gasteiger partial charge in [-0.3, -0.25) is 0 Å². The van der Waals surface area contributed by atoms with E-state index in [0.717, 1.165) is 16.6 Å². The van der Waals surface area contributed by atoms with Crippen molar-refractivity contribution in [2.75, 3.05) is 19.8 Å². The molecule has 0 radical (unpaired) electrons. The van der Waals surface area contributed by atoms with E-state index in [1.54, 1.807) is 0 Å². The van der Waals surface area contributed by atoms with Gasteiger partial charge < -0.3 is 28.6 Å². The van der Waals surface area contributed by atoms with Gasteiger partial charge in [0.25, 0.3) is 0 Å². The molecule has 164 valence electrons. The summed E-state index contributed by atoms with van der Waals surface area (Å²) in [6.07, 6.45) is -1.34. The lowest BCUT2D eigenvalue weighted by Crippen LogP contribution is -2.55. The second-order valence-electron chi connectivity index (χ2n) is 8.06. The van der Waals surface area contributed by atoms with E-state index in [1.165, 1.54) is 0 Å². The van der Waals surface area contributed by atoms with E-state index in [4.69, 9.17) is 23.5 Å². The molecule has 2 aliphatic rings. The van der Waals surface area contributed by atoms with Crippen LogP contribution < -0.4 is 5.46 Å². The van der Waals surface area contributed by atoms with Crippen LogP contribution in [0, 0.1) is 0 Å². The van der Waals surface area contributed by atoms with E-state index in [2.05, 4.69) is 6.58 Å². The van der Waals surface area contributed by atoms with E-state index in [0.29, 0.717) is 19.6 Å². The topological polar surface area (TPSA) is 66.4 Å². The molecule has 5 atom stereocenters. The molecule has 2 fully saturated rings. The summed E-state index contributed by atoms with van der Waals surface area (Å²) in [5.41, 5.74) is 2.89. The maximum atomic E-state index is 9.92. The van der Waals surface area contributed by atoms with Crippen molar-refractivity contribution in [3.8, 4) is 0 Å². The highest BCUT2D eigenvalue weighted by atomic mass is 16.7. The Morgan fingerprint density at radius 2 is 1.71 bits per heavy atom. The number of rotatable bonds is 7. The molecule has 0 aromatic heterocycles. The van der Waals surface area contributed by atoms with Crippen LogP contribution in [0.2, 0.25) is 0 Å². The zero-order valence-electron chi connectivity index (χ0n) is 17.8. The molecule has 1 N–H and O–H groups in total. The van der Waals surface area contributed by atoms with E-state index >= 15 is 0 Å². The van der Waals surface area contributed by atoms with Crippen molar-refractivity contribution in [3.63, 3.8) is 0 Å². The van der Waals surface area contributed by atoms with E-state index in [9.17, 15) is 5.11 Å². The standard InChI is InChI=1S/C24H29BO6/c1-17(2)13-20-23(16-28-25(31-20)19-11-7-4-8-12-19)29-22-15-27-24(30-21(22)14-26)18-9-5-3-6-10-18/h3-12,20-24,26H,1,13-16H2,2H3/t20-,21+,22-,23+,24-/m1/s1. The maximum Gasteiger partial charge on any atom is 0.494 e. The summed E-state index contributed by atoms with van der Waals surface area (Å²) < 4.78 is 30.4.